The number of benzene rings is 1. The fourth-order valence-corrected chi connectivity index (χ4v) is 3.50. The fraction of sp³-hybridized carbons (Fsp3) is 0.556. The Labute approximate surface area is 132 Å². The van der Waals surface area contributed by atoms with Crippen LogP contribution in [-0.2, 0) is 9.59 Å². The molecule has 4 nitrogen and oxygen atoms in total. The summed E-state index contributed by atoms with van der Waals surface area (Å²) in [6, 6.07) is 7.93. The first-order chi connectivity index (χ1) is 10.5. The Hall–Kier alpha value is -1.84. The average molecular weight is 300 g/mol. The monoisotopic (exact) mass is 300 g/mol. The topological polar surface area (TPSA) is 40.6 Å². The third-order valence-electron chi connectivity index (χ3n) is 4.79. The van der Waals surface area contributed by atoms with E-state index < -0.39 is 0 Å². The number of aryl methyl sites for hydroxylation is 1. The predicted octanol–water partition coefficient (Wildman–Crippen LogP) is 2.61. The van der Waals surface area contributed by atoms with Crippen molar-refractivity contribution in [2.24, 2.45) is 11.8 Å². The normalized spacial score (nSPS) is 25.6. The quantitative estimate of drug-likeness (QED) is 0.842. The first-order valence-corrected chi connectivity index (χ1v) is 8.20. The highest BCUT2D eigenvalue weighted by Gasteiger charge is 2.37. The lowest BCUT2D eigenvalue weighted by atomic mass is 9.98. The van der Waals surface area contributed by atoms with E-state index in [9.17, 15) is 9.59 Å². The van der Waals surface area contributed by atoms with Gasteiger partial charge in [-0.15, -0.1) is 0 Å². The zero-order valence-electron chi connectivity index (χ0n) is 13.4. The van der Waals surface area contributed by atoms with E-state index in [0.29, 0.717) is 18.9 Å². The minimum atomic E-state index is -0.181. The van der Waals surface area contributed by atoms with Gasteiger partial charge in [0.2, 0.25) is 11.8 Å². The Balaban J connectivity index is 1.68. The maximum Gasteiger partial charge on any atom is 0.228 e. The highest BCUT2D eigenvalue weighted by molar-refractivity contribution is 6.00. The van der Waals surface area contributed by atoms with Gasteiger partial charge in [0.1, 0.15) is 0 Å². The summed E-state index contributed by atoms with van der Waals surface area (Å²) in [5.74, 6) is 0.615. The summed E-state index contributed by atoms with van der Waals surface area (Å²) in [5.41, 5.74) is 2.07. The van der Waals surface area contributed by atoms with Crippen molar-refractivity contribution >= 4 is 17.5 Å². The van der Waals surface area contributed by atoms with Crippen LogP contribution in [0, 0.1) is 18.8 Å². The second-order valence-corrected chi connectivity index (χ2v) is 6.77. The van der Waals surface area contributed by atoms with Gasteiger partial charge >= 0.3 is 0 Å². The summed E-state index contributed by atoms with van der Waals surface area (Å²) in [4.78, 5) is 28.7. The van der Waals surface area contributed by atoms with E-state index in [2.05, 4.69) is 6.92 Å². The molecule has 2 atom stereocenters. The van der Waals surface area contributed by atoms with Crippen LogP contribution in [0.1, 0.15) is 31.7 Å². The molecule has 0 spiro atoms. The molecule has 0 aliphatic carbocycles. The number of anilines is 1. The van der Waals surface area contributed by atoms with Crippen molar-refractivity contribution in [1.29, 1.82) is 0 Å². The molecule has 0 N–H and O–H groups in total. The van der Waals surface area contributed by atoms with E-state index in [0.717, 1.165) is 25.2 Å². The SMILES string of the molecule is Cc1ccc(N2C[C@H](C(=O)N3CCC[C@@H](C)C3)CC2=O)cc1. The van der Waals surface area contributed by atoms with E-state index in [1.54, 1.807) is 4.90 Å². The number of likely N-dealkylation sites (tertiary alicyclic amines) is 1. The lowest BCUT2D eigenvalue weighted by Crippen LogP contribution is -2.43. The Bertz CT molecular complexity index is 567. The molecule has 2 aliphatic heterocycles. The first-order valence-electron chi connectivity index (χ1n) is 8.20. The molecule has 1 aromatic rings. The van der Waals surface area contributed by atoms with Crippen LogP contribution in [0.15, 0.2) is 24.3 Å². The van der Waals surface area contributed by atoms with Crippen molar-refractivity contribution in [3.8, 4) is 0 Å². The molecular formula is C18H24N2O2. The van der Waals surface area contributed by atoms with Gasteiger partial charge in [-0.3, -0.25) is 9.59 Å². The van der Waals surface area contributed by atoms with Crippen molar-refractivity contribution in [3.63, 3.8) is 0 Å². The Morgan fingerprint density at radius 2 is 1.91 bits per heavy atom. The number of hydrogen-bond acceptors (Lipinski definition) is 2. The van der Waals surface area contributed by atoms with Crippen molar-refractivity contribution in [3.05, 3.63) is 29.8 Å². The Kier molecular flexibility index (Phi) is 4.19. The van der Waals surface area contributed by atoms with Crippen molar-refractivity contribution < 1.29 is 9.59 Å². The van der Waals surface area contributed by atoms with E-state index in [-0.39, 0.29) is 17.7 Å². The number of amides is 2. The summed E-state index contributed by atoms with van der Waals surface area (Å²) in [6.45, 7) is 6.43. The first kappa shape index (κ1) is 15.1. The molecule has 0 radical (unpaired) electrons. The summed E-state index contributed by atoms with van der Waals surface area (Å²) in [5, 5.41) is 0. The van der Waals surface area contributed by atoms with E-state index in [1.807, 2.05) is 36.1 Å². The Morgan fingerprint density at radius 3 is 2.59 bits per heavy atom. The molecule has 0 saturated carbocycles. The molecule has 2 aliphatic rings. The molecule has 4 heteroatoms. The van der Waals surface area contributed by atoms with Crippen LogP contribution in [0.3, 0.4) is 0 Å². The molecule has 2 saturated heterocycles. The molecule has 118 valence electrons. The van der Waals surface area contributed by atoms with Crippen LogP contribution in [0.25, 0.3) is 0 Å². The third-order valence-corrected chi connectivity index (χ3v) is 4.79. The Morgan fingerprint density at radius 1 is 1.18 bits per heavy atom. The zero-order valence-corrected chi connectivity index (χ0v) is 13.4. The van der Waals surface area contributed by atoms with Crippen LogP contribution < -0.4 is 4.90 Å². The second kappa shape index (κ2) is 6.11. The summed E-state index contributed by atoms with van der Waals surface area (Å²) in [7, 11) is 0. The van der Waals surface area contributed by atoms with Gasteiger partial charge in [-0.1, -0.05) is 24.6 Å². The minimum Gasteiger partial charge on any atom is -0.342 e. The number of nitrogens with zero attached hydrogens (tertiary/aromatic N) is 2. The van der Waals surface area contributed by atoms with E-state index >= 15 is 0 Å². The van der Waals surface area contributed by atoms with Crippen molar-refractivity contribution in [2.45, 2.75) is 33.1 Å². The summed E-state index contributed by atoms with van der Waals surface area (Å²) < 4.78 is 0. The zero-order chi connectivity index (χ0) is 15.7. The van der Waals surface area contributed by atoms with Gasteiger partial charge in [-0.05, 0) is 37.8 Å². The van der Waals surface area contributed by atoms with Crippen LogP contribution in [0.4, 0.5) is 5.69 Å². The van der Waals surface area contributed by atoms with E-state index in [1.165, 1.54) is 12.0 Å². The van der Waals surface area contributed by atoms with Gasteiger partial charge in [-0.25, -0.2) is 0 Å². The van der Waals surface area contributed by atoms with Crippen LogP contribution >= 0.6 is 0 Å². The highest BCUT2D eigenvalue weighted by atomic mass is 16.2. The molecule has 0 bridgehead atoms. The van der Waals surface area contributed by atoms with Gasteiger partial charge in [0, 0.05) is 31.7 Å². The van der Waals surface area contributed by atoms with Crippen LogP contribution in [0.2, 0.25) is 0 Å². The van der Waals surface area contributed by atoms with Gasteiger partial charge in [-0.2, -0.15) is 0 Å². The second-order valence-electron chi connectivity index (χ2n) is 6.77. The summed E-state index contributed by atoms with van der Waals surface area (Å²) in [6.07, 6.45) is 2.62. The van der Waals surface area contributed by atoms with Crippen LogP contribution in [0.5, 0.6) is 0 Å². The van der Waals surface area contributed by atoms with Gasteiger partial charge in [0.15, 0.2) is 0 Å². The molecule has 3 rings (SSSR count). The number of carbonyl (C=O) groups excluding carboxylic acids is 2. The lowest BCUT2D eigenvalue weighted by Gasteiger charge is -2.32. The standard InChI is InChI=1S/C18H24N2O2/c1-13-5-7-16(8-6-13)20-12-15(10-17(20)21)18(22)19-9-3-4-14(2)11-19/h5-8,14-15H,3-4,9-12H2,1-2H3/t14-,15-/m1/s1. The third kappa shape index (κ3) is 3.01. The molecule has 1 aromatic carbocycles. The maximum atomic E-state index is 12.7. The average Bonchev–Trinajstić information content (AvgIpc) is 2.89. The van der Waals surface area contributed by atoms with E-state index in [4.69, 9.17) is 0 Å². The molecule has 2 amide bonds. The van der Waals surface area contributed by atoms with Crippen LogP contribution in [-0.4, -0.2) is 36.3 Å². The molecule has 2 fully saturated rings. The molecular weight excluding hydrogens is 276 g/mol. The predicted molar refractivity (Wildman–Crippen MR) is 86.6 cm³/mol. The minimum absolute atomic E-state index is 0.0623. The lowest BCUT2D eigenvalue weighted by molar-refractivity contribution is -0.137. The van der Waals surface area contributed by atoms with Gasteiger partial charge < -0.3 is 9.80 Å². The number of piperidine rings is 1. The molecule has 0 aromatic heterocycles. The number of rotatable bonds is 2. The smallest absolute Gasteiger partial charge is 0.228 e. The molecule has 2 heterocycles. The van der Waals surface area contributed by atoms with Crippen molar-refractivity contribution in [2.75, 3.05) is 24.5 Å². The number of carbonyl (C=O) groups is 2. The van der Waals surface area contributed by atoms with Gasteiger partial charge in [0.05, 0.1) is 5.92 Å². The molecule has 22 heavy (non-hydrogen) atoms. The summed E-state index contributed by atoms with van der Waals surface area (Å²) >= 11 is 0. The van der Waals surface area contributed by atoms with Crippen molar-refractivity contribution in [1.82, 2.24) is 4.90 Å². The fourth-order valence-electron chi connectivity index (χ4n) is 3.50. The maximum absolute atomic E-state index is 12.7. The van der Waals surface area contributed by atoms with Gasteiger partial charge in [0.25, 0.3) is 0 Å². The molecule has 0 unspecified atom stereocenters. The largest absolute Gasteiger partial charge is 0.342 e. The number of hydrogen-bond donors (Lipinski definition) is 0. The highest BCUT2D eigenvalue weighted by Crippen LogP contribution is 2.28.